The molecule has 0 unspecified atom stereocenters. The van der Waals surface area contributed by atoms with E-state index in [1.807, 2.05) is 32.0 Å². The van der Waals surface area contributed by atoms with Gasteiger partial charge in [0.2, 0.25) is 5.90 Å². The Morgan fingerprint density at radius 3 is 2.67 bits per heavy atom. The van der Waals surface area contributed by atoms with Crippen molar-refractivity contribution in [3.05, 3.63) is 98.9 Å². The highest BCUT2D eigenvalue weighted by Gasteiger charge is 2.26. The highest BCUT2D eigenvalue weighted by Crippen LogP contribution is 2.38. The molecule has 5 nitrogen and oxygen atoms in total. The molecule has 3 aromatic carbocycles. The van der Waals surface area contributed by atoms with Gasteiger partial charge < -0.3 is 14.2 Å². The van der Waals surface area contributed by atoms with Crippen molar-refractivity contribution in [2.75, 3.05) is 6.61 Å². The smallest absolute Gasteiger partial charge is 0.363 e. The molecule has 0 amide bonds. The minimum absolute atomic E-state index is 0.0634. The summed E-state index contributed by atoms with van der Waals surface area (Å²) in [6.45, 7) is 4.72. The number of carbonyl (C=O) groups excluding carboxylic acids is 1. The second kappa shape index (κ2) is 10.0. The molecule has 4 rings (SSSR count). The third-order valence-electron chi connectivity index (χ3n) is 4.83. The largest absolute Gasteiger partial charge is 0.490 e. The zero-order chi connectivity index (χ0) is 23.4. The van der Waals surface area contributed by atoms with Crippen LogP contribution in [0.15, 0.2) is 75.8 Å². The second-order valence-corrected chi connectivity index (χ2v) is 8.21. The van der Waals surface area contributed by atoms with E-state index in [-0.39, 0.29) is 17.2 Å². The van der Waals surface area contributed by atoms with Crippen LogP contribution in [0.25, 0.3) is 6.08 Å². The minimum atomic E-state index is -0.651. The number of cyclic esters (lactones) is 1. The van der Waals surface area contributed by atoms with Gasteiger partial charge in [0.05, 0.1) is 16.6 Å². The average molecular weight is 510 g/mol. The monoisotopic (exact) mass is 509 g/mol. The van der Waals surface area contributed by atoms with E-state index in [2.05, 4.69) is 27.0 Å². The fourth-order valence-corrected chi connectivity index (χ4v) is 3.92. The molecule has 1 aliphatic heterocycles. The van der Waals surface area contributed by atoms with Crippen LogP contribution in [0.3, 0.4) is 0 Å². The Balaban J connectivity index is 1.62. The summed E-state index contributed by atoms with van der Waals surface area (Å²) in [6.07, 6.45) is 1.56. The van der Waals surface area contributed by atoms with Gasteiger partial charge in [0, 0.05) is 0 Å². The van der Waals surface area contributed by atoms with Crippen LogP contribution in [-0.2, 0) is 16.1 Å². The zero-order valence-corrected chi connectivity index (χ0v) is 19.7. The summed E-state index contributed by atoms with van der Waals surface area (Å²) in [5.41, 5.74) is 3.04. The topological polar surface area (TPSA) is 57.1 Å². The lowest BCUT2D eigenvalue weighted by molar-refractivity contribution is -0.129. The molecule has 0 N–H and O–H groups in total. The molecular formula is C26H21BrFNO4. The Morgan fingerprint density at radius 2 is 1.91 bits per heavy atom. The van der Waals surface area contributed by atoms with Crippen LogP contribution in [0.1, 0.15) is 29.2 Å². The van der Waals surface area contributed by atoms with E-state index in [1.165, 1.54) is 12.1 Å². The first-order chi connectivity index (χ1) is 15.9. The van der Waals surface area contributed by atoms with E-state index in [0.29, 0.717) is 34.7 Å². The van der Waals surface area contributed by atoms with Gasteiger partial charge in [0.25, 0.3) is 0 Å². The molecule has 0 aliphatic carbocycles. The quantitative estimate of drug-likeness (QED) is 0.280. The van der Waals surface area contributed by atoms with Gasteiger partial charge in [-0.15, -0.1) is 0 Å². The third-order valence-corrected chi connectivity index (χ3v) is 5.41. The number of hydrogen-bond acceptors (Lipinski definition) is 5. The first-order valence-electron chi connectivity index (χ1n) is 10.4. The molecule has 0 saturated heterocycles. The van der Waals surface area contributed by atoms with E-state index in [9.17, 15) is 9.18 Å². The summed E-state index contributed by atoms with van der Waals surface area (Å²) in [5.74, 6) is -0.142. The van der Waals surface area contributed by atoms with Gasteiger partial charge in [0.1, 0.15) is 12.4 Å². The van der Waals surface area contributed by atoms with Gasteiger partial charge in [-0.3, -0.25) is 0 Å². The van der Waals surface area contributed by atoms with Crippen molar-refractivity contribution in [1.29, 1.82) is 0 Å². The number of benzene rings is 3. The van der Waals surface area contributed by atoms with Gasteiger partial charge >= 0.3 is 5.97 Å². The van der Waals surface area contributed by atoms with Crippen molar-refractivity contribution in [3.63, 3.8) is 0 Å². The van der Waals surface area contributed by atoms with Gasteiger partial charge in [-0.25, -0.2) is 14.2 Å². The Kier molecular flexibility index (Phi) is 6.89. The average Bonchev–Trinajstić information content (AvgIpc) is 3.13. The lowest BCUT2D eigenvalue weighted by Crippen LogP contribution is -2.07. The van der Waals surface area contributed by atoms with E-state index >= 15 is 0 Å². The standard InChI is InChI=1S/C26H21BrFNO4/c1-3-31-23-14-18(12-20(27)24(23)32-15-17-8-6-7-16(2)11-17)13-22-26(30)33-25(29-22)19-9-4-5-10-21(19)28/h4-14H,3,15H2,1-2H3/b22-13+. The summed E-state index contributed by atoms with van der Waals surface area (Å²) in [5, 5.41) is 0. The first kappa shape index (κ1) is 22.7. The predicted octanol–water partition coefficient (Wildman–Crippen LogP) is 6.22. The van der Waals surface area contributed by atoms with Crippen LogP contribution in [0.2, 0.25) is 0 Å². The molecule has 0 spiro atoms. The Bertz CT molecular complexity index is 1270. The van der Waals surface area contributed by atoms with E-state index in [1.54, 1.807) is 30.3 Å². The third kappa shape index (κ3) is 5.31. The molecular weight excluding hydrogens is 489 g/mol. The van der Waals surface area contributed by atoms with Crippen LogP contribution in [0.5, 0.6) is 11.5 Å². The van der Waals surface area contributed by atoms with Crippen LogP contribution in [-0.4, -0.2) is 18.5 Å². The maximum atomic E-state index is 14.0. The summed E-state index contributed by atoms with van der Waals surface area (Å²) in [4.78, 5) is 16.5. The van der Waals surface area contributed by atoms with Crippen LogP contribution in [0.4, 0.5) is 4.39 Å². The van der Waals surface area contributed by atoms with Crippen molar-refractivity contribution in [3.8, 4) is 11.5 Å². The molecule has 1 aliphatic rings. The molecule has 33 heavy (non-hydrogen) atoms. The van der Waals surface area contributed by atoms with Crippen molar-refractivity contribution in [2.45, 2.75) is 20.5 Å². The van der Waals surface area contributed by atoms with Crippen molar-refractivity contribution in [2.24, 2.45) is 4.99 Å². The van der Waals surface area contributed by atoms with Crippen molar-refractivity contribution >= 4 is 33.9 Å². The molecule has 0 bridgehead atoms. The van der Waals surface area contributed by atoms with Gasteiger partial charge in [0.15, 0.2) is 17.2 Å². The Labute approximate surface area is 199 Å². The lowest BCUT2D eigenvalue weighted by atomic mass is 10.1. The number of hydrogen-bond donors (Lipinski definition) is 0. The zero-order valence-electron chi connectivity index (χ0n) is 18.1. The Morgan fingerprint density at radius 1 is 1.09 bits per heavy atom. The second-order valence-electron chi connectivity index (χ2n) is 7.36. The summed E-state index contributed by atoms with van der Waals surface area (Å²) < 4.78 is 31.7. The van der Waals surface area contributed by atoms with Crippen molar-refractivity contribution < 1.29 is 23.4 Å². The number of carbonyl (C=O) groups is 1. The number of ether oxygens (including phenoxy) is 3. The molecule has 0 saturated carbocycles. The number of aryl methyl sites for hydroxylation is 1. The van der Waals surface area contributed by atoms with Crippen molar-refractivity contribution in [1.82, 2.24) is 0 Å². The molecule has 0 aromatic heterocycles. The lowest BCUT2D eigenvalue weighted by Gasteiger charge is -2.15. The molecule has 3 aromatic rings. The van der Waals surface area contributed by atoms with E-state index in [4.69, 9.17) is 14.2 Å². The maximum Gasteiger partial charge on any atom is 0.363 e. The maximum absolute atomic E-state index is 14.0. The molecule has 7 heteroatoms. The summed E-state index contributed by atoms with van der Waals surface area (Å²) >= 11 is 3.54. The van der Waals surface area contributed by atoms with Crippen LogP contribution >= 0.6 is 15.9 Å². The molecule has 0 radical (unpaired) electrons. The predicted molar refractivity (Wildman–Crippen MR) is 128 cm³/mol. The molecule has 168 valence electrons. The van der Waals surface area contributed by atoms with Gasteiger partial charge in [-0.1, -0.05) is 42.0 Å². The first-order valence-corrected chi connectivity index (χ1v) is 11.2. The van der Waals surface area contributed by atoms with E-state index < -0.39 is 11.8 Å². The molecule has 1 heterocycles. The number of aliphatic imine (C=N–C) groups is 1. The van der Waals surface area contributed by atoms with Crippen LogP contribution in [0, 0.1) is 12.7 Å². The number of esters is 1. The Hall–Kier alpha value is -3.45. The molecule has 0 atom stereocenters. The highest BCUT2D eigenvalue weighted by molar-refractivity contribution is 9.10. The molecule has 0 fully saturated rings. The van der Waals surface area contributed by atoms with E-state index in [0.717, 1.165) is 11.1 Å². The van der Waals surface area contributed by atoms with Crippen LogP contribution < -0.4 is 9.47 Å². The minimum Gasteiger partial charge on any atom is -0.490 e. The normalized spacial score (nSPS) is 14.2. The fourth-order valence-electron chi connectivity index (χ4n) is 3.35. The van der Waals surface area contributed by atoms with Gasteiger partial charge in [-0.2, -0.15) is 0 Å². The number of rotatable bonds is 7. The number of halogens is 2. The number of nitrogens with zero attached hydrogens (tertiary/aromatic N) is 1. The van der Waals surface area contributed by atoms with Gasteiger partial charge in [-0.05, 0) is 71.2 Å². The summed E-state index contributed by atoms with van der Waals surface area (Å²) in [6, 6.07) is 17.6. The SMILES string of the molecule is CCOc1cc(/C=C2/N=C(c3ccccc3F)OC2=O)cc(Br)c1OCc1cccc(C)c1. The summed E-state index contributed by atoms with van der Waals surface area (Å²) in [7, 11) is 0. The highest BCUT2D eigenvalue weighted by atomic mass is 79.9. The fraction of sp³-hybridized carbons (Fsp3) is 0.154.